The lowest BCUT2D eigenvalue weighted by molar-refractivity contribution is -0.115. The van der Waals surface area contributed by atoms with Gasteiger partial charge in [-0.05, 0) is 42.8 Å². The van der Waals surface area contributed by atoms with E-state index in [0.717, 1.165) is 11.3 Å². The number of ether oxygens (including phenoxy) is 3. The number of anilines is 1. The van der Waals surface area contributed by atoms with Crippen molar-refractivity contribution in [1.29, 1.82) is 0 Å². The van der Waals surface area contributed by atoms with Gasteiger partial charge in [-0.3, -0.25) is 10.1 Å². The van der Waals surface area contributed by atoms with Crippen LogP contribution in [0.4, 0.5) is 6.01 Å². The highest BCUT2D eigenvalue weighted by atomic mass is 16.5. The number of hydrogen-bond donors (Lipinski definition) is 1. The molecule has 0 spiro atoms. The van der Waals surface area contributed by atoms with Crippen LogP contribution >= 0.6 is 0 Å². The molecule has 0 radical (unpaired) electrons. The Balaban J connectivity index is 1.68. The van der Waals surface area contributed by atoms with Crippen molar-refractivity contribution >= 4 is 11.9 Å². The molecule has 0 saturated heterocycles. The topological polar surface area (TPSA) is 95.7 Å². The number of carbonyl (C=O) groups is 1. The highest BCUT2D eigenvalue weighted by Gasteiger charge is 2.16. The molecule has 8 heteroatoms. The number of methoxy groups -OCH3 is 2. The van der Waals surface area contributed by atoms with Crippen LogP contribution in [0.15, 0.2) is 46.9 Å². The van der Waals surface area contributed by atoms with Gasteiger partial charge in [-0.1, -0.05) is 17.2 Å². The Hall–Kier alpha value is -3.55. The van der Waals surface area contributed by atoms with E-state index in [1.165, 1.54) is 0 Å². The van der Waals surface area contributed by atoms with Crippen LogP contribution in [0, 0.1) is 0 Å². The lowest BCUT2D eigenvalue weighted by Gasteiger charge is -2.07. The molecule has 1 heterocycles. The van der Waals surface area contributed by atoms with Crippen LogP contribution in [0.3, 0.4) is 0 Å². The lowest BCUT2D eigenvalue weighted by Crippen LogP contribution is -2.14. The van der Waals surface area contributed by atoms with Crippen molar-refractivity contribution in [3.05, 3.63) is 48.0 Å². The molecule has 0 bridgehead atoms. The number of carbonyl (C=O) groups excluding carboxylic acids is 1. The van der Waals surface area contributed by atoms with Gasteiger partial charge in [-0.25, -0.2) is 0 Å². The van der Waals surface area contributed by atoms with Crippen LogP contribution in [0.5, 0.6) is 17.2 Å². The minimum atomic E-state index is -0.267. The molecule has 28 heavy (non-hydrogen) atoms. The number of rotatable bonds is 8. The molecule has 1 N–H and O–H groups in total. The van der Waals surface area contributed by atoms with Gasteiger partial charge in [0.15, 0.2) is 0 Å². The second kappa shape index (κ2) is 8.90. The maximum atomic E-state index is 12.2. The smallest absolute Gasteiger partial charge is 0.322 e. The van der Waals surface area contributed by atoms with Gasteiger partial charge >= 0.3 is 6.01 Å². The zero-order valence-electron chi connectivity index (χ0n) is 15.9. The van der Waals surface area contributed by atoms with Crippen LogP contribution in [0.25, 0.3) is 11.5 Å². The quantitative estimate of drug-likeness (QED) is 0.637. The molecule has 0 fully saturated rings. The summed E-state index contributed by atoms with van der Waals surface area (Å²) in [6.45, 7) is 2.51. The monoisotopic (exact) mass is 383 g/mol. The largest absolute Gasteiger partial charge is 0.497 e. The normalized spacial score (nSPS) is 10.4. The van der Waals surface area contributed by atoms with Gasteiger partial charge in [0.25, 0.3) is 5.89 Å². The molecule has 0 aliphatic carbocycles. The van der Waals surface area contributed by atoms with Crippen LogP contribution in [-0.4, -0.2) is 36.9 Å². The molecule has 0 saturated carbocycles. The zero-order chi connectivity index (χ0) is 19.9. The summed E-state index contributed by atoms with van der Waals surface area (Å²) in [7, 11) is 3.10. The van der Waals surface area contributed by atoms with Crippen molar-refractivity contribution in [1.82, 2.24) is 10.2 Å². The van der Waals surface area contributed by atoms with Gasteiger partial charge < -0.3 is 18.6 Å². The first-order chi connectivity index (χ1) is 13.6. The molecule has 3 rings (SSSR count). The average molecular weight is 383 g/mol. The van der Waals surface area contributed by atoms with E-state index in [9.17, 15) is 4.79 Å². The SMILES string of the molecule is CCOc1ccc(CC(=O)Nc2nnc(-c3cc(OC)ccc3OC)o2)cc1. The first-order valence-electron chi connectivity index (χ1n) is 8.70. The summed E-state index contributed by atoms with van der Waals surface area (Å²) in [5.41, 5.74) is 1.41. The van der Waals surface area contributed by atoms with E-state index in [1.807, 2.05) is 31.2 Å². The van der Waals surface area contributed by atoms with Crippen molar-refractivity contribution in [2.75, 3.05) is 26.1 Å². The molecule has 0 aliphatic heterocycles. The van der Waals surface area contributed by atoms with Gasteiger partial charge in [0.1, 0.15) is 17.2 Å². The number of benzene rings is 2. The number of nitrogens with one attached hydrogen (secondary N) is 1. The van der Waals surface area contributed by atoms with E-state index in [0.29, 0.717) is 23.7 Å². The molecular formula is C20H21N3O5. The Bertz CT molecular complexity index is 937. The third-order valence-electron chi connectivity index (χ3n) is 3.91. The Morgan fingerprint density at radius 2 is 1.79 bits per heavy atom. The zero-order valence-corrected chi connectivity index (χ0v) is 15.9. The van der Waals surface area contributed by atoms with E-state index >= 15 is 0 Å². The van der Waals surface area contributed by atoms with Gasteiger partial charge in [0, 0.05) is 0 Å². The average Bonchev–Trinajstić information content (AvgIpc) is 3.17. The molecule has 0 atom stereocenters. The molecule has 1 aromatic heterocycles. The molecule has 8 nitrogen and oxygen atoms in total. The highest BCUT2D eigenvalue weighted by molar-refractivity contribution is 5.90. The molecule has 146 valence electrons. The summed E-state index contributed by atoms with van der Waals surface area (Å²) >= 11 is 0. The van der Waals surface area contributed by atoms with Gasteiger partial charge in [-0.15, -0.1) is 5.10 Å². The van der Waals surface area contributed by atoms with Gasteiger partial charge in [0.2, 0.25) is 5.91 Å². The van der Waals surface area contributed by atoms with Crippen molar-refractivity contribution in [3.63, 3.8) is 0 Å². The van der Waals surface area contributed by atoms with E-state index in [2.05, 4.69) is 15.5 Å². The van der Waals surface area contributed by atoms with Crippen LogP contribution in [0.1, 0.15) is 12.5 Å². The Labute approximate surface area is 162 Å². The maximum absolute atomic E-state index is 12.2. The predicted octanol–water partition coefficient (Wildman–Crippen LogP) is 3.33. The molecule has 0 unspecified atom stereocenters. The van der Waals surface area contributed by atoms with Gasteiger partial charge in [-0.2, -0.15) is 0 Å². The van der Waals surface area contributed by atoms with Crippen LogP contribution in [-0.2, 0) is 11.2 Å². The number of hydrogen-bond acceptors (Lipinski definition) is 7. The number of nitrogens with zero attached hydrogens (tertiary/aromatic N) is 2. The number of amides is 1. The van der Waals surface area contributed by atoms with Crippen LogP contribution < -0.4 is 19.5 Å². The Morgan fingerprint density at radius 3 is 2.46 bits per heavy atom. The van der Waals surface area contributed by atoms with Crippen LogP contribution in [0.2, 0.25) is 0 Å². The molecule has 0 aliphatic rings. The van der Waals surface area contributed by atoms with Gasteiger partial charge in [0.05, 0.1) is 32.8 Å². The fourth-order valence-electron chi connectivity index (χ4n) is 2.58. The van der Waals surface area contributed by atoms with Crippen molar-refractivity contribution in [2.45, 2.75) is 13.3 Å². The molecular weight excluding hydrogens is 362 g/mol. The third-order valence-corrected chi connectivity index (χ3v) is 3.91. The predicted molar refractivity (Wildman–Crippen MR) is 103 cm³/mol. The summed E-state index contributed by atoms with van der Waals surface area (Å²) in [5, 5.41) is 10.5. The van der Waals surface area contributed by atoms with Crippen molar-refractivity contribution in [3.8, 4) is 28.7 Å². The summed E-state index contributed by atoms with van der Waals surface area (Å²) < 4.78 is 21.5. The van der Waals surface area contributed by atoms with E-state index in [1.54, 1.807) is 32.4 Å². The Kier molecular flexibility index (Phi) is 6.11. The second-order valence-electron chi connectivity index (χ2n) is 5.78. The van der Waals surface area contributed by atoms with E-state index < -0.39 is 0 Å². The first kappa shape index (κ1) is 19.2. The number of aromatic nitrogens is 2. The van der Waals surface area contributed by atoms with E-state index in [4.69, 9.17) is 18.6 Å². The minimum Gasteiger partial charge on any atom is -0.497 e. The lowest BCUT2D eigenvalue weighted by atomic mass is 10.1. The van der Waals surface area contributed by atoms with Crippen molar-refractivity contribution in [2.24, 2.45) is 0 Å². The van der Waals surface area contributed by atoms with Crippen molar-refractivity contribution < 1.29 is 23.4 Å². The maximum Gasteiger partial charge on any atom is 0.322 e. The second-order valence-corrected chi connectivity index (χ2v) is 5.78. The minimum absolute atomic E-state index is 0.0100. The Morgan fingerprint density at radius 1 is 1.04 bits per heavy atom. The summed E-state index contributed by atoms with van der Waals surface area (Å²) in [5.74, 6) is 1.89. The summed E-state index contributed by atoms with van der Waals surface area (Å²) in [6, 6.07) is 12.6. The van der Waals surface area contributed by atoms with E-state index in [-0.39, 0.29) is 24.2 Å². The standard InChI is InChI=1S/C20H21N3O5/c1-4-27-14-7-5-13(6-8-14)11-18(24)21-20-23-22-19(28-20)16-12-15(25-2)9-10-17(16)26-3/h5-10,12H,4,11H2,1-3H3,(H,21,23,24). The molecule has 3 aromatic rings. The summed E-state index contributed by atoms with van der Waals surface area (Å²) in [4.78, 5) is 12.2. The molecule has 2 aromatic carbocycles. The third kappa shape index (κ3) is 4.59. The first-order valence-corrected chi connectivity index (χ1v) is 8.70. The fourth-order valence-corrected chi connectivity index (χ4v) is 2.58. The highest BCUT2D eigenvalue weighted by Crippen LogP contribution is 2.33. The fraction of sp³-hybridized carbons (Fsp3) is 0.250. The molecule has 1 amide bonds. The summed E-state index contributed by atoms with van der Waals surface area (Å²) in [6.07, 6.45) is 0.173.